The fourth-order valence-electron chi connectivity index (χ4n) is 3.34. The van der Waals surface area contributed by atoms with E-state index < -0.39 is 6.03 Å². The summed E-state index contributed by atoms with van der Waals surface area (Å²) in [7, 11) is 0. The number of amides is 2. The van der Waals surface area contributed by atoms with Crippen molar-refractivity contribution in [3.8, 4) is 5.75 Å². The van der Waals surface area contributed by atoms with E-state index >= 15 is 0 Å². The van der Waals surface area contributed by atoms with Gasteiger partial charge in [-0.15, -0.1) is 0 Å². The molecular weight excluding hydrogens is 502 g/mol. The minimum Gasteiger partial charge on any atom is -0.488 e. The Labute approximate surface area is 205 Å². The van der Waals surface area contributed by atoms with E-state index in [1.807, 2.05) is 85.8 Å². The van der Waals surface area contributed by atoms with Crippen LogP contribution in [-0.4, -0.2) is 12.2 Å². The second-order valence-electron chi connectivity index (χ2n) is 7.37. The molecule has 5 nitrogen and oxygen atoms in total. The molecule has 7 heteroatoms. The van der Waals surface area contributed by atoms with Gasteiger partial charge in [0.25, 0.3) is 0 Å². The van der Waals surface area contributed by atoms with E-state index in [2.05, 4.69) is 31.8 Å². The van der Waals surface area contributed by atoms with Crippen LogP contribution in [-0.2, 0) is 6.61 Å². The van der Waals surface area contributed by atoms with E-state index in [9.17, 15) is 4.79 Å². The lowest BCUT2D eigenvalue weighted by atomic mass is 10.0. The number of nitrogens with zero attached hydrogens (tertiary/aromatic N) is 1. The third kappa shape index (κ3) is 5.72. The quantitative estimate of drug-likeness (QED) is 0.206. The Kier molecular flexibility index (Phi) is 7.27. The average Bonchev–Trinajstić information content (AvgIpc) is 2.81. The second-order valence-corrected chi connectivity index (χ2v) is 8.63. The van der Waals surface area contributed by atoms with Gasteiger partial charge < -0.3 is 10.1 Å². The van der Waals surface area contributed by atoms with Gasteiger partial charge in [0.05, 0.1) is 6.21 Å². The van der Waals surface area contributed by atoms with E-state index in [0.717, 1.165) is 31.9 Å². The smallest absolute Gasteiger partial charge is 0.339 e. The molecule has 166 valence electrons. The van der Waals surface area contributed by atoms with Gasteiger partial charge in [0.2, 0.25) is 0 Å². The number of carbonyl (C=O) groups excluding carboxylic acids is 1. The zero-order chi connectivity index (χ0) is 23.2. The van der Waals surface area contributed by atoms with Crippen LogP contribution >= 0.6 is 27.5 Å². The number of urea groups is 1. The Morgan fingerprint density at radius 1 is 1.06 bits per heavy atom. The summed E-state index contributed by atoms with van der Waals surface area (Å²) in [6.45, 7) is 2.27. The monoisotopic (exact) mass is 521 g/mol. The zero-order valence-corrected chi connectivity index (χ0v) is 20.2. The molecular formula is C26H21BrClN3O2. The summed E-state index contributed by atoms with van der Waals surface area (Å²) in [6.07, 6.45) is 1.59. The van der Waals surface area contributed by atoms with Gasteiger partial charge in [0, 0.05) is 26.3 Å². The van der Waals surface area contributed by atoms with Crippen LogP contribution < -0.4 is 15.5 Å². The van der Waals surface area contributed by atoms with E-state index in [1.54, 1.807) is 6.21 Å². The molecule has 0 aliphatic heterocycles. The Balaban J connectivity index is 1.53. The van der Waals surface area contributed by atoms with E-state index in [0.29, 0.717) is 23.1 Å². The molecule has 0 unspecified atom stereocenters. The molecule has 0 radical (unpaired) electrons. The molecule has 0 aliphatic rings. The average molecular weight is 523 g/mol. The van der Waals surface area contributed by atoms with Crippen LogP contribution in [0.2, 0.25) is 5.02 Å². The fraction of sp³-hybridized carbons (Fsp3) is 0.0769. The Hall–Kier alpha value is -3.35. The summed E-state index contributed by atoms with van der Waals surface area (Å²) in [5, 5.41) is 9.58. The number of anilines is 1. The lowest BCUT2D eigenvalue weighted by Gasteiger charge is -2.12. The fourth-order valence-corrected chi connectivity index (χ4v) is 3.78. The minimum atomic E-state index is -0.438. The molecule has 4 aromatic carbocycles. The Bertz CT molecular complexity index is 1340. The molecule has 0 aliphatic carbocycles. The highest BCUT2D eigenvalue weighted by molar-refractivity contribution is 9.10. The number of nitrogens with one attached hydrogen (secondary N) is 2. The van der Waals surface area contributed by atoms with Crippen molar-refractivity contribution in [3.63, 3.8) is 0 Å². The molecule has 0 bridgehead atoms. The molecule has 0 fully saturated rings. The number of hydrogen-bond donors (Lipinski definition) is 2. The number of aryl methyl sites for hydroxylation is 1. The van der Waals surface area contributed by atoms with Crippen molar-refractivity contribution < 1.29 is 9.53 Å². The minimum absolute atomic E-state index is 0.315. The maximum Gasteiger partial charge on any atom is 0.339 e. The van der Waals surface area contributed by atoms with Crippen molar-refractivity contribution in [2.75, 3.05) is 5.32 Å². The summed E-state index contributed by atoms with van der Waals surface area (Å²) < 4.78 is 7.06. The van der Waals surface area contributed by atoms with Crippen molar-refractivity contribution in [2.24, 2.45) is 5.10 Å². The van der Waals surface area contributed by atoms with Gasteiger partial charge in [0.1, 0.15) is 12.4 Å². The summed E-state index contributed by atoms with van der Waals surface area (Å²) in [6, 6.07) is 24.5. The van der Waals surface area contributed by atoms with Crippen molar-refractivity contribution in [1.29, 1.82) is 0 Å². The first-order chi connectivity index (χ1) is 16.0. The van der Waals surface area contributed by atoms with E-state index in [-0.39, 0.29) is 0 Å². The molecule has 4 aromatic rings. The first-order valence-electron chi connectivity index (χ1n) is 10.3. The largest absolute Gasteiger partial charge is 0.488 e. The first-order valence-corrected chi connectivity index (χ1v) is 11.4. The first kappa shape index (κ1) is 22.8. The van der Waals surface area contributed by atoms with Crippen molar-refractivity contribution in [2.45, 2.75) is 13.5 Å². The third-order valence-electron chi connectivity index (χ3n) is 5.05. The lowest BCUT2D eigenvalue weighted by Crippen LogP contribution is -2.24. The van der Waals surface area contributed by atoms with Crippen molar-refractivity contribution >= 4 is 56.2 Å². The van der Waals surface area contributed by atoms with Crippen LogP contribution in [0.5, 0.6) is 5.75 Å². The number of ether oxygens (including phenoxy) is 1. The maximum atomic E-state index is 12.3. The summed E-state index contributed by atoms with van der Waals surface area (Å²) in [5.74, 6) is 0.642. The molecule has 0 saturated heterocycles. The number of rotatable bonds is 6. The van der Waals surface area contributed by atoms with Crippen LogP contribution in [0, 0.1) is 6.92 Å². The summed E-state index contributed by atoms with van der Waals surface area (Å²) in [4.78, 5) is 12.3. The molecule has 2 amide bonds. The van der Waals surface area contributed by atoms with E-state index in [1.165, 1.54) is 0 Å². The lowest BCUT2D eigenvalue weighted by molar-refractivity contribution is 0.252. The predicted octanol–water partition coefficient (Wildman–Crippen LogP) is 7.30. The second kappa shape index (κ2) is 10.5. The van der Waals surface area contributed by atoms with Crippen molar-refractivity contribution in [3.05, 3.63) is 105 Å². The topological polar surface area (TPSA) is 62.7 Å². The highest BCUT2D eigenvalue weighted by atomic mass is 79.9. The number of hydrazone groups is 1. The highest BCUT2D eigenvalue weighted by Gasteiger charge is 2.09. The van der Waals surface area contributed by atoms with Gasteiger partial charge in [-0.3, -0.25) is 0 Å². The number of hydrogen-bond acceptors (Lipinski definition) is 3. The molecule has 2 N–H and O–H groups in total. The predicted molar refractivity (Wildman–Crippen MR) is 138 cm³/mol. The van der Waals surface area contributed by atoms with Crippen LogP contribution in [0.4, 0.5) is 10.5 Å². The van der Waals surface area contributed by atoms with Gasteiger partial charge in [-0.1, -0.05) is 76.1 Å². The standard InChI is InChI=1S/C26H21BrClN3O2/c1-17-14-20(11-12-23(17)27)30-26(32)31-29-15-22-21-8-4-2-6-18(21)10-13-25(22)33-16-19-7-3-5-9-24(19)28/h2-15H,16H2,1H3,(H2,30,31,32)/b29-15+. The zero-order valence-electron chi connectivity index (χ0n) is 17.8. The molecule has 0 spiro atoms. The van der Waals surface area contributed by atoms with Crippen LogP contribution in [0.1, 0.15) is 16.7 Å². The Morgan fingerprint density at radius 3 is 2.67 bits per heavy atom. The maximum absolute atomic E-state index is 12.3. The SMILES string of the molecule is Cc1cc(NC(=O)N/N=C/c2c(OCc3ccccc3Cl)ccc3ccccc23)ccc1Br. The number of carbonyl (C=O) groups is 1. The van der Waals surface area contributed by atoms with Crippen molar-refractivity contribution in [1.82, 2.24) is 5.43 Å². The van der Waals surface area contributed by atoms with Gasteiger partial charge in [-0.05, 0) is 53.6 Å². The van der Waals surface area contributed by atoms with Crippen LogP contribution in [0.25, 0.3) is 10.8 Å². The number of benzene rings is 4. The third-order valence-corrected chi connectivity index (χ3v) is 6.31. The van der Waals surface area contributed by atoms with Crippen LogP contribution in [0.15, 0.2) is 88.4 Å². The summed E-state index contributed by atoms with van der Waals surface area (Å²) in [5.41, 5.74) is 5.87. The molecule has 0 aromatic heterocycles. The van der Waals surface area contributed by atoms with E-state index in [4.69, 9.17) is 16.3 Å². The van der Waals surface area contributed by atoms with Gasteiger partial charge in [-0.2, -0.15) is 5.10 Å². The molecule has 4 rings (SSSR count). The molecule has 33 heavy (non-hydrogen) atoms. The molecule has 0 atom stereocenters. The van der Waals surface area contributed by atoms with Crippen LogP contribution in [0.3, 0.4) is 0 Å². The summed E-state index contributed by atoms with van der Waals surface area (Å²) >= 11 is 9.72. The number of fused-ring (bicyclic) bond motifs is 1. The van der Waals surface area contributed by atoms with Gasteiger partial charge in [0.15, 0.2) is 0 Å². The highest BCUT2D eigenvalue weighted by Crippen LogP contribution is 2.28. The normalized spacial score (nSPS) is 11.0. The number of halogens is 2. The Morgan fingerprint density at radius 2 is 1.85 bits per heavy atom. The molecule has 0 heterocycles. The van der Waals surface area contributed by atoms with Gasteiger partial charge >= 0.3 is 6.03 Å². The molecule has 0 saturated carbocycles. The van der Waals surface area contributed by atoms with Gasteiger partial charge in [-0.25, -0.2) is 10.2 Å².